The van der Waals surface area contributed by atoms with Crippen LogP contribution < -0.4 is 10.6 Å². The Morgan fingerprint density at radius 2 is 2.12 bits per heavy atom. The van der Waals surface area contributed by atoms with Crippen LogP contribution in [0, 0.1) is 5.92 Å². The first-order chi connectivity index (χ1) is 8.16. The quantitative estimate of drug-likeness (QED) is 0.709. The summed E-state index contributed by atoms with van der Waals surface area (Å²) in [6.07, 6.45) is 4.13. The number of rotatable bonds is 4. The smallest absolute Gasteiger partial charge is 0.239 e. The van der Waals surface area contributed by atoms with Crippen LogP contribution in [0.4, 0.5) is 0 Å². The Morgan fingerprint density at radius 1 is 1.35 bits per heavy atom. The van der Waals surface area contributed by atoms with Gasteiger partial charge >= 0.3 is 0 Å². The second-order valence-electron chi connectivity index (χ2n) is 5.08. The molecule has 0 aromatic heterocycles. The SMILES string of the molecule is CN(CC(=O)NC1CC1)C(=O)[C@H]1CCCNC1. The van der Waals surface area contributed by atoms with Crippen molar-refractivity contribution in [2.45, 2.75) is 31.7 Å². The van der Waals surface area contributed by atoms with Gasteiger partial charge in [-0.2, -0.15) is 0 Å². The van der Waals surface area contributed by atoms with Crippen molar-refractivity contribution in [2.75, 3.05) is 26.7 Å². The van der Waals surface area contributed by atoms with Crippen molar-refractivity contribution in [3.05, 3.63) is 0 Å². The number of nitrogens with one attached hydrogen (secondary N) is 2. The molecular weight excluding hydrogens is 218 g/mol. The minimum absolute atomic E-state index is 0.0351. The minimum atomic E-state index is -0.0351. The van der Waals surface area contributed by atoms with E-state index in [0.717, 1.165) is 38.8 Å². The number of nitrogens with zero attached hydrogens (tertiary/aromatic N) is 1. The molecule has 0 aromatic rings. The van der Waals surface area contributed by atoms with Crippen LogP contribution in [-0.2, 0) is 9.59 Å². The molecule has 0 aromatic carbocycles. The zero-order valence-corrected chi connectivity index (χ0v) is 10.4. The summed E-state index contributed by atoms with van der Waals surface area (Å²) in [6, 6.07) is 0.363. The van der Waals surface area contributed by atoms with Crippen molar-refractivity contribution in [1.82, 2.24) is 15.5 Å². The first-order valence-corrected chi connectivity index (χ1v) is 6.42. The zero-order valence-electron chi connectivity index (χ0n) is 10.4. The second kappa shape index (κ2) is 5.49. The molecule has 5 nitrogen and oxygen atoms in total. The van der Waals surface area contributed by atoms with Gasteiger partial charge in [0.1, 0.15) is 0 Å². The summed E-state index contributed by atoms with van der Waals surface area (Å²) in [6.45, 7) is 1.93. The molecule has 2 rings (SSSR count). The highest BCUT2D eigenvalue weighted by Crippen LogP contribution is 2.18. The third-order valence-electron chi connectivity index (χ3n) is 3.35. The summed E-state index contributed by atoms with van der Waals surface area (Å²) in [5.41, 5.74) is 0. The van der Waals surface area contributed by atoms with Gasteiger partial charge in [-0.1, -0.05) is 0 Å². The molecule has 1 saturated heterocycles. The fourth-order valence-electron chi connectivity index (χ4n) is 2.17. The number of likely N-dealkylation sites (N-methyl/N-ethyl adjacent to an activating group) is 1. The van der Waals surface area contributed by atoms with Crippen LogP contribution in [0.15, 0.2) is 0 Å². The number of amides is 2. The van der Waals surface area contributed by atoms with E-state index in [2.05, 4.69) is 10.6 Å². The lowest BCUT2D eigenvalue weighted by Gasteiger charge is -2.26. The predicted molar refractivity (Wildman–Crippen MR) is 64.4 cm³/mol. The fourth-order valence-corrected chi connectivity index (χ4v) is 2.17. The highest BCUT2D eigenvalue weighted by Gasteiger charge is 2.27. The lowest BCUT2D eigenvalue weighted by atomic mass is 9.98. The molecule has 1 aliphatic heterocycles. The molecule has 0 spiro atoms. The summed E-state index contributed by atoms with van der Waals surface area (Å²) in [4.78, 5) is 25.2. The van der Waals surface area contributed by atoms with Gasteiger partial charge in [0.05, 0.1) is 12.5 Å². The molecule has 0 bridgehead atoms. The van der Waals surface area contributed by atoms with E-state index in [4.69, 9.17) is 0 Å². The second-order valence-corrected chi connectivity index (χ2v) is 5.08. The molecule has 2 fully saturated rings. The first kappa shape index (κ1) is 12.4. The van der Waals surface area contributed by atoms with Crippen molar-refractivity contribution in [1.29, 1.82) is 0 Å². The number of hydrogen-bond acceptors (Lipinski definition) is 3. The maximum absolute atomic E-state index is 12.0. The third kappa shape index (κ3) is 3.70. The van der Waals surface area contributed by atoms with Crippen molar-refractivity contribution in [2.24, 2.45) is 5.92 Å². The van der Waals surface area contributed by atoms with Crippen LogP contribution in [0.25, 0.3) is 0 Å². The zero-order chi connectivity index (χ0) is 12.3. The summed E-state index contributed by atoms with van der Waals surface area (Å²) >= 11 is 0. The molecule has 2 N–H and O–H groups in total. The van der Waals surface area contributed by atoms with Crippen molar-refractivity contribution in [3.8, 4) is 0 Å². The van der Waals surface area contributed by atoms with Crippen LogP contribution in [0.1, 0.15) is 25.7 Å². The van der Waals surface area contributed by atoms with Gasteiger partial charge in [-0.15, -0.1) is 0 Å². The van der Waals surface area contributed by atoms with Gasteiger partial charge in [-0.25, -0.2) is 0 Å². The standard InChI is InChI=1S/C12H21N3O2/c1-15(8-11(16)14-10-4-5-10)12(17)9-3-2-6-13-7-9/h9-10,13H,2-8H2,1H3,(H,14,16)/t9-/m0/s1. The van der Waals surface area contributed by atoms with Crippen LogP contribution in [0.3, 0.4) is 0 Å². The summed E-state index contributed by atoms with van der Waals surface area (Å²) in [5.74, 6) is 0.0951. The van der Waals surface area contributed by atoms with E-state index in [1.165, 1.54) is 0 Å². The van der Waals surface area contributed by atoms with Crippen molar-refractivity contribution in [3.63, 3.8) is 0 Å². The van der Waals surface area contributed by atoms with Crippen LogP contribution in [0.2, 0.25) is 0 Å². The molecule has 1 heterocycles. The van der Waals surface area contributed by atoms with E-state index in [1.54, 1.807) is 11.9 Å². The van der Waals surface area contributed by atoms with E-state index < -0.39 is 0 Å². The average molecular weight is 239 g/mol. The molecule has 96 valence electrons. The minimum Gasteiger partial charge on any atom is -0.352 e. The maximum Gasteiger partial charge on any atom is 0.239 e. The van der Waals surface area contributed by atoms with Gasteiger partial charge in [-0.05, 0) is 32.2 Å². The van der Waals surface area contributed by atoms with Gasteiger partial charge in [0.25, 0.3) is 0 Å². The van der Waals surface area contributed by atoms with E-state index in [0.29, 0.717) is 6.04 Å². The third-order valence-corrected chi connectivity index (χ3v) is 3.35. The molecule has 1 aliphatic carbocycles. The summed E-state index contributed by atoms with van der Waals surface area (Å²) in [5, 5.41) is 6.11. The van der Waals surface area contributed by atoms with Crippen LogP contribution >= 0.6 is 0 Å². The summed E-state index contributed by atoms with van der Waals surface area (Å²) < 4.78 is 0. The molecule has 17 heavy (non-hydrogen) atoms. The Bertz CT molecular complexity index is 296. The van der Waals surface area contributed by atoms with Gasteiger partial charge in [-0.3, -0.25) is 9.59 Å². The molecule has 2 aliphatic rings. The van der Waals surface area contributed by atoms with Gasteiger partial charge in [0.2, 0.25) is 11.8 Å². The highest BCUT2D eigenvalue weighted by molar-refractivity contribution is 5.86. The van der Waals surface area contributed by atoms with E-state index in [9.17, 15) is 9.59 Å². The number of piperidine rings is 1. The van der Waals surface area contributed by atoms with E-state index >= 15 is 0 Å². The Labute approximate surface area is 102 Å². The first-order valence-electron chi connectivity index (χ1n) is 6.42. The Hall–Kier alpha value is -1.10. The van der Waals surface area contributed by atoms with Crippen LogP contribution in [0.5, 0.6) is 0 Å². The van der Waals surface area contributed by atoms with Crippen LogP contribution in [-0.4, -0.2) is 49.4 Å². The molecule has 0 unspecified atom stereocenters. The Morgan fingerprint density at radius 3 is 2.71 bits per heavy atom. The monoisotopic (exact) mass is 239 g/mol. The van der Waals surface area contributed by atoms with Crippen molar-refractivity contribution >= 4 is 11.8 Å². The van der Waals surface area contributed by atoms with E-state index in [-0.39, 0.29) is 24.3 Å². The highest BCUT2D eigenvalue weighted by atomic mass is 16.2. The molecule has 5 heteroatoms. The predicted octanol–water partition coefficient (Wildman–Crippen LogP) is -0.277. The lowest BCUT2D eigenvalue weighted by molar-refractivity contribution is -0.138. The largest absolute Gasteiger partial charge is 0.352 e. The topological polar surface area (TPSA) is 61.4 Å². The molecule has 1 saturated carbocycles. The van der Waals surface area contributed by atoms with Gasteiger partial charge in [0, 0.05) is 19.6 Å². The normalized spacial score (nSPS) is 24.2. The van der Waals surface area contributed by atoms with Crippen molar-refractivity contribution < 1.29 is 9.59 Å². The maximum atomic E-state index is 12.0. The number of carbonyl (C=O) groups excluding carboxylic acids is 2. The van der Waals surface area contributed by atoms with Gasteiger partial charge < -0.3 is 15.5 Å². The molecule has 1 atom stereocenters. The Kier molecular flexibility index (Phi) is 3.99. The Balaban J connectivity index is 1.74. The number of carbonyl (C=O) groups is 2. The summed E-state index contributed by atoms with van der Waals surface area (Å²) in [7, 11) is 1.71. The average Bonchev–Trinajstić information content (AvgIpc) is 3.12. The molecular formula is C12H21N3O2. The lowest BCUT2D eigenvalue weighted by Crippen LogP contribution is -2.45. The molecule has 0 radical (unpaired) electrons. The fraction of sp³-hybridized carbons (Fsp3) is 0.833. The van der Waals surface area contributed by atoms with E-state index in [1.807, 2.05) is 0 Å². The van der Waals surface area contributed by atoms with Gasteiger partial charge in [0.15, 0.2) is 0 Å². The number of hydrogen-bond donors (Lipinski definition) is 2. The molecule has 2 amide bonds.